The summed E-state index contributed by atoms with van der Waals surface area (Å²) in [5.74, 6) is 0.117. The summed E-state index contributed by atoms with van der Waals surface area (Å²) in [6, 6.07) is 11.7. The third-order valence-corrected chi connectivity index (χ3v) is 3.85. The Hall–Kier alpha value is -1.92. The molecule has 21 heavy (non-hydrogen) atoms. The zero-order valence-corrected chi connectivity index (χ0v) is 12.1. The Bertz CT molecular complexity index is 761. The summed E-state index contributed by atoms with van der Waals surface area (Å²) in [5.41, 5.74) is 1.59. The highest BCUT2D eigenvalue weighted by molar-refractivity contribution is 7.22. The van der Waals surface area contributed by atoms with Crippen LogP contribution in [0.25, 0.3) is 10.2 Å². The maximum Gasteiger partial charge on any atom is 0.387 e. The number of rotatable bonds is 4. The molecule has 0 saturated heterocycles. The van der Waals surface area contributed by atoms with Crippen molar-refractivity contribution in [2.75, 3.05) is 5.32 Å². The van der Waals surface area contributed by atoms with Crippen LogP contribution >= 0.6 is 22.9 Å². The highest BCUT2D eigenvalue weighted by Gasteiger charge is 2.06. The minimum atomic E-state index is -2.82. The van der Waals surface area contributed by atoms with E-state index in [1.165, 1.54) is 23.5 Å². The summed E-state index contributed by atoms with van der Waals surface area (Å²) in [5, 5.41) is 4.48. The lowest BCUT2D eigenvalue weighted by Gasteiger charge is -2.06. The molecule has 3 aromatic rings. The van der Waals surface area contributed by atoms with Gasteiger partial charge in [-0.1, -0.05) is 22.9 Å². The summed E-state index contributed by atoms with van der Waals surface area (Å²) in [6.45, 7) is -2.82. The van der Waals surface area contributed by atoms with Gasteiger partial charge in [-0.2, -0.15) is 8.78 Å². The zero-order chi connectivity index (χ0) is 14.8. The number of nitrogens with zero attached hydrogens (tertiary/aromatic N) is 1. The van der Waals surface area contributed by atoms with Gasteiger partial charge in [0, 0.05) is 10.7 Å². The van der Waals surface area contributed by atoms with Gasteiger partial charge in [0.15, 0.2) is 5.13 Å². The van der Waals surface area contributed by atoms with Gasteiger partial charge in [0.05, 0.1) is 10.2 Å². The first-order valence-electron chi connectivity index (χ1n) is 5.98. The van der Waals surface area contributed by atoms with E-state index >= 15 is 0 Å². The van der Waals surface area contributed by atoms with Crippen LogP contribution in [-0.4, -0.2) is 11.6 Å². The number of alkyl halides is 2. The number of hydrogen-bond donors (Lipinski definition) is 1. The third-order valence-electron chi connectivity index (χ3n) is 2.68. The lowest BCUT2D eigenvalue weighted by atomic mass is 10.3. The van der Waals surface area contributed by atoms with Crippen molar-refractivity contribution in [3.63, 3.8) is 0 Å². The summed E-state index contributed by atoms with van der Waals surface area (Å²) >= 11 is 7.39. The Kier molecular flexibility index (Phi) is 3.90. The smallest absolute Gasteiger partial charge is 0.387 e. The summed E-state index contributed by atoms with van der Waals surface area (Å²) in [6.07, 6.45) is 0. The molecule has 0 atom stereocenters. The van der Waals surface area contributed by atoms with E-state index in [1.807, 2.05) is 12.1 Å². The van der Waals surface area contributed by atoms with Gasteiger partial charge in [0.2, 0.25) is 0 Å². The van der Waals surface area contributed by atoms with Gasteiger partial charge in [-0.15, -0.1) is 0 Å². The average molecular weight is 327 g/mol. The Labute approximate surface area is 128 Å². The minimum Gasteiger partial charge on any atom is -0.435 e. The minimum absolute atomic E-state index is 0.117. The molecule has 0 saturated carbocycles. The molecule has 0 aliphatic carbocycles. The van der Waals surface area contributed by atoms with Gasteiger partial charge < -0.3 is 10.1 Å². The monoisotopic (exact) mass is 326 g/mol. The molecule has 108 valence electrons. The number of aromatic nitrogens is 1. The normalized spacial score (nSPS) is 11.0. The second-order valence-corrected chi connectivity index (χ2v) is 5.63. The second kappa shape index (κ2) is 5.83. The van der Waals surface area contributed by atoms with E-state index in [4.69, 9.17) is 11.6 Å². The molecule has 1 N–H and O–H groups in total. The Morgan fingerprint density at radius 2 is 1.90 bits per heavy atom. The van der Waals surface area contributed by atoms with E-state index in [0.717, 1.165) is 15.9 Å². The van der Waals surface area contributed by atoms with Crippen LogP contribution in [0, 0.1) is 0 Å². The fourth-order valence-electron chi connectivity index (χ4n) is 1.80. The Morgan fingerprint density at radius 1 is 1.14 bits per heavy atom. The van der Waals surface area contributed by atoms with E-state index in [1.54, 1.807) is 18.2 Å². The van der Waals surface area contributed by atoms with Gasteiger partial charge in [0.25, 0.3) is 0 Å². The van der Waals surface area contributed by atoms with E-state index in [9.17, 15) is 8.78 Å². The van der Waals surface area contributed by atoms with E-state index < -0.39 is 6.61 Å². The van der Waals surface area contributed by atoms with E-state index in [2.05, 4.69) is 15.0 Å². The maximum absolute atomic E-state index is 12.1. The predicted molar refractivity (Wildman–Crippen MR) is 81.0 cm³/mol. The lowest BCUT2D eigenvalue weighted by Crippen LogP contribution is -2.01. The van der Waals surface area contributed by atoms with Crippen molar-refractivity contribution < 1.29 is 13.5 Å². The van der Waals surface area contributed by atoms with Gasteiger partial charge >= 0.3 is 6.61 Å². The molecule has 7 heteroatoms. The quantitative estimate of drug-likeness (QED) is 0.707. The number of thiazole rings is 1. The maximum atomic E-state index is 12.1. The topological polar surface area (TPSA) is 34.1 Å². The fraction of sp³-hybridized carbons (Fsp3) is 0.0714. The van der Waals surface area contributed by atoms with Crippen LogP contribution in [-0.2, 0) is 0 Å². The van der Waals surface area contributed by atoms with Crippen LogP contribution in [0.3, 0.4) is 0 Å². The van der Waals surface area contributed by atoms with Crippen molar-refractivity contribution in [1.82, 2.24) is 4.98 Å². The largest absolute Gasteiger partial charge is 0.435 e. The molecular formula is C14H9ClF2N2OS. The van der Waals surface area contributed by atoms with Gasteiger partial charge in [-0.3, -0.25) is 0 Å². The molecule has 0 amide bonds. The fourth-order valence-corrected chi connectivity index (χ4v) is 2.96. The van der Waals surface area contributed by atoms with Crippen molar-refractivity contribution in [2.24, 2.45) is 0 Å². The summed E-state index contributed by atoms with van der Waals surface area (Å²) in [7, 11) is 0. The third kappa shape index (κ3) is 3.40. The molecule has 0 aliphatic heterocycles. The van der Waals surface area contributed by atoms with Crippen molar-refractivity contribution in [3.05, 3.63) is 47.5 Å². The average Bonchev–Trinajstić information content (AvgIpc) is 2.82. The Morgan fingerprint density at radius 3 is 2.62 bits per heavy atom. The zero-order valence-electron chi connectivity index (χ0n) is 10.5. The molecule has 0 fully saturated rings. The SMILES string of the molecule is FC(F)Oc1ccc(Nc2nc3ccc(Cl)cc3s2)cc1. The molecule has 3 rings (SSSR count). The molecule has 1 aromatic heterocycles. The number of nitrogens with one attached hydrogen (secondary N) is 1. The van der Waals surface area contributed by atoms with Crippen molar-refractivity contribution in [1.29, 1.82) is 0 Å². The molecule has 0 radical (unpaired) electrons. The first-order chi connectivity index (χ1) is 10.1. The Balaban J connectivity index is 1.78. The summed E-state index contributed by atoms with van der Waals surface area (Å²) in [4.78, 5) is 4.42. The molecule has 2 aromatic carbocycles. The van der Waals surface area contributed by atoms with Crippen LogP contribution in [0.4, 0.5) is 19.6 Å². The number of hydrogen-bond acceptors (Lipinski definition) is 4. The number of fused-ring (bicyclic) bond motifs is 1. The number of benzene rings is 2. The first-order valence-corrected chi connectivity index (χ1v) is 7.17. The molecule has 1 heterocycles. The molecule has 0 unspecified atom stereocenters. The molecule has 0 aliphatic rings. The van der Waals surface area contributed by atoms with E-state index in [0.29, 0.717) is 10.2 Å². The summed E-state index contributed by atoms with van der Waals surface area (Å²) < 4.78 is 29.4. The number of ether oxygens (including phenoxy) is 1. The van der Waals surface area contributed by atoms with Crippen molar-refractivity contribution in [3.8, 4) is 5.75 Å². The van der Waals surface area contributed by atoms with Crippen molar-refractivity contribution in [2.45, 2.75) is 6.61 Å². The van der Waals surface area contributed by atoms with Gasteiger partial charge in [-0.25, -0.2) is 4.98 Å². The van der Waals surface area contributed by atoms with Crippen LogP contribution < -0.4 is 10.1 Å². The standard InChI is InChI=1S/C14H9ClF2N2OS/c15-8-1-6-11-12(7-8)21-14(19-11)18-9-2-4-10(5-3-9)20-13(16)17/h1-7,13H,(H,18,19). The van der Waals surface area contributed by atoms with Crippen LogP contribution in [0.2, 0.25) is 5.02 Å². The van der Waals surface area contributed by atoms with Crippen LogP contribution in [0.1, 0.15) is 0 Å². The predicted octanol–water partition coefficient (Wildman–Crippen LogP) is 5.29. The van der Waals surface area contributed by atoms with Crippen LogP contribution in [0.15, 0.2) is 42.5 Å². The number of halogens is 3. The van der Waals surface area contributed by atoms with Crippen LogP contribution in [0.5, 0.6) is 5.75 Å². The lowest BCUT2D eigenvalue weighted by molar-refractivity contribution is -0.0498. The molecule has 3 nitrogen and oxygen atoms in total. The highest BCUT2D eigenvalue weighted by atomic mass is 35.5. The van der Waals surface area contributed by atoms with Gasteiger partial charge in [-0.05, 0) is 42.5 Å². The molecule has 0 spiro atoms. The highest BCUT2D eigenvalue weighted by Crippen LogP contribution is 2.30. The second-order valence-electron chi connectivity index (χ2n) is 4.16. The molecular weight excluding hydrogens is 318 g/mol. The van der Waals surface area contributed by atoms with E-state index in [-0.39, 0.29) is 5.75 Å². The number of anilines is 2. The molecule has 0 bridgehead atoms. The van der Waals surface area contributed by atoms with Crippen molar-refractivity contribution >= 4 is 44.0 Å². The van der Waals surface area contributed by atoms with Gasteiger partial charge in [0.1, 0.15) is 5.75 Å². The first kappa shape index (κ1) is 14.0.